The maximum Gasteiger partial charge on any atom is 0.481 e. The number of hydrogen-bond acceptors (Lipinski definition) is 7. The summed E-state index contributed by atoms with van der Waals surface area (Å²) in [5.74, 6) is 0.0921. The number of amides is 2. The lowest BCUT2D eigenvalue weighted by Gasteiger charge is -2.64. The Morgan fingerprint density at radius 1 is 1.22 bits per heavy atom. The zero-order valence-corrected chi connectivity index (χ0v) is 26.1. The van der Waals surface area contributed by atoms with Crippen LogP contribution < -0.4 is 21.8 Å². The minimum absolute atomic E-state index is 0.00252. The summed E-state index contributed by atoms with van der Waals surface area (Å²) in [5, 5.41) is 15.9. The Balaban J connectivity index is 1.73. The lowest BCUT2D eigenvalue weighted by molar-refractivity contribution is -0.525. The molecule has 0 spiro atoms. The number of nitrogens with zero attached hydrogens (tertiary/aromatic N) is 2. The number of carbonyl (C=O) groups is 2. The summed E-state index contributed by atoms with van der Waals surface area (Å²) < 4.78 is 13.2. The molecule has 4 rings (SSSR count). The Labute approximate surface area is 245 Å². The van der Waals surface area contributed by atoms with E-state index in [9.17, 15) is 19.7 Å². The number of aliphatic imine (C=N–C) groups is 1. The molecule has 2 bridgehead atoms. The van der Waals surface area contributed by atoms with E-state index in [0.29, 0.717) is 31.1 Å². The van der Waals surface area contributed by atoms with E-state index >= 15 is 0 Å². The second-order valence-electron chi connectivity index (χ2n) is 14.0. The largest absolute Gasteiger partial charge is 0.481 e. The van der Waals surface area contributed by atoms with Gasteiger partial charge < -0.3 is 25.7 Å². The van der Waals surface area contributed by atoms with Crippen molar-refractivity contribution in [2.24, 2.45) is 39.3 Å². The molecule has 1 saturated heterocycles. The monoisotopic (exact) mass is 578 g/mol. The third-order valence-electron chi connectivity index (χ3n) is 9.60. The molecule has 232 valence electrons. The molecular formula is C28H51BN6O6. The molecule has 3 saturated carbocycles. The van der Waals surface area contributed by atoms with E-state index < -0.39 is 29.2 Å². The van der Waals surface area contributed by atoms with E-state index in [0.717, 1.165) is 19.3 Å². The van der Waals surface area contributed by atoms with Crippen LogP contribution in [0.2, 0.25) is 0 Å². The van der Waals surface area contributed by atoms with Crippen LogP contribution in [-0.4, -0.2) is 60.2 Å². The normalized spacial score (nSPS) is 28.4. The molecule has 0 aromatic heterocycles. The molecule has 4 fully saturated rings. The van der Waals surface area contributed by atoms with Gasteiger partial charge in [0, 0.05) is 12.0 Å². The smallest absolute Gasteiger partial charge is 0.404 e. The number of hydrogen-bond donors (Lipinski definition) is 4. The predicted octanol–water partition coefficient (Wildman–Crippen LogP) is 2.97. The van der Waals surface area contributed by atoms with Crippen molar-refractivity contribution in [2.45, 2.75) is 124 Å². The van der Waals surface area contributed by atoms with Gasteiger partial charge in [0.05, 0.1) is 17.6 Å². The number of nitro groups is 1. The van der Waals surface area contributed by atoms with Crippen molar-refractivity contribution in [3.8, 4) is 0 Å². The number of guanidine groups is 1. The highest BCUT2D eigenvalue weighted by molar-refractivity contribution is 6.48. The lowest BCUT2D eigenvalue weighted by atomic mass is 9.43. The van der Waals surface area contributed by atoms with Gasteiger partial charge in [-0.05, 0) is 68.6 Å². The molecule has 41 heavy (non-hydrogen) atoms. The van der Waals surface area contributed by atoms with Gasteiger partial charge in [0.15, 0.2) is 5.03 Å². The fourth-order valence-electron chi connectivity index (χ4n) is 7.09. The molecule has 5 N–H and O–H groups in total. The van der Waals surface area contributed by atoms with Gasteiger partial charge in [-0.25, -0.2) is 15.1 Å². The lowest BCUT2D eigenvalue weighted by Crippen LogP contribution is -2.65. The highest BCUT2D eigenvalue weighted by Gasteiger charge is 2.68. The maximum absolute atomic E-state index is 13.8. The van der Waals surface area contributed by atoms with E-state index in [2.05, 4.69) is 50.2 Å². The van der Waals surface area contributed by atoms with Crippen LogP contribution in [0.4, 0.5) is 0 Å². The Hall–Kier alpha value is -2.41. The standard InChI is InChI=1S/C28H51BN6O6/c1-9-12-26(4,5)24(37)32-19(11-10-13-31-25(30)34-35(38)39)23(36)33-22(14-17(2)3)29-40-21-16-18-15-20(27(18,6)7)28(21,8)41-29/h17-22H,9-16H2,1-8H3,(H,32,37)(H,33,36)(H3,30,31,34)/t18-,19+,20-,21-,22+,28+/m1/s1. The van der Waals surface area contributed by atoms with Gasteiger partial charge in [-0.3, -0.25) is 9.59 Å². The van der Waals surface area contributed by atoms with Crippen molar-refractivity contribution in [3.05, 3.63) is 10.1 Å². The first-order chi connectivity index (χ1) is 19.0. The molecule has 1 aliphatic heterocycles. The minimum Gasteiger partial charge on any atom is -0.404 e. The van der Waals surface area contributed by atoms with Crippen LogP contribution in [0.25, 0.3) is 0 Å². The van der Waals surface area contributed by atoms with Crippen molar-refractivity contribution in [1.29, 1.82) is 0 Å². The van der Waals surface area contributed by atoms with Gasteiger partial charge in [0.25, 0.3) is 5.96 Å². The minimum atomic E-state index is -0.820. The first kappa shape index (κ1) is 33.1. The Bertz CT molecular complexity index is 1010. The molecule has 4 aliphatic rings. The topological polar surface area (TPSA) is 170 Å². The molecule has 13 heteroatoms. The van der Waals surface area contributed by atoms with Gasteiger partial charge in [-0.2, -0.15) is 0 Å². The zero-order chi connectivity index (χ0) is 30.8. The van der Waals surface area contributed by atoms with Crippen molar-refractivity contribution < 1.29 is 23.9 Å². The SMILES string of the molecule is CCCC(C)(C)C(=O)N[C@@H](CCCN=C(N)N[N+](=O)[O-])C(=O)N[C@@H](CC(C)C)B1O[C@@H]2C[C@H]3C[C@H](C3(C)C)[C@]2(C)O1. The van der Waals surface area contributed by atoms with Gasteiger partial charge in [0.2, 0.25) is 11.8 Å². The van der Waals surface area contributed by atoms with Crippen molar-refractivity contribution in [2.75, 3.05) is 6.54 Å². The maximum atomic E-state index is 13.8. The molecule has 2 amide bonds. The molecular weight excluding hydrogens is 527 g/mol. The summed E-state index contributed by atoms with van der Waals surface area (Å²) in [6, 6.07) is -0.820. The molecule has 1 heterocycles. The summed E-state index contributed by atoms with van der Waals surface area (Å²) in [5.41, 5.74) is 6.50. The summed E-state index contributed by atoms with van der Waals surface area (Å²) in [4.78, 5) is 41.5. The fourth-order valence-corrected chi connectivity index (χ4v) is 7.09. The summed E-state index contributed by atoms with van der Waals surface area (Å²) in [6.45, 7) is 16.9. The first-order valence-corrected chi connectivity index (χ1v) is 15.2. The molecule has 0 aromatic rings. The number of hydrazine groups is 1. The van der Waals surface area contributed by atoms with Crippen LogP contribution in [0.15, 0.2) is 4.99 Å². The van der Waals surface area contributed by atoms with E-state index in [1.165, 1.54) is 0 Å². The van der Waals surface area contributed by atoms with Crippen LogP contribution in [-0.2, 0) is 18.9 Å². The van der Waals surface area contributed by atoms with Crippen molar-refractivity contribution in [3.63, 3.8) is 0 Å². The average Bonchev–Trinajstić information content (AvgIpc) is 3.21. The fraction of sp³-hybridized carbons (Fsp3) is 0.893. The predicted molar refractivity (Wildman–Crippen MR) is 158 cm³/mol. The summed E-state index contributed by atoms with van der Waals surface area (Å²) in [6.07, 6.45) is 4.94. The Morgan fingerprint density at radius 3 is 2.49 bits per heavy atom. The van der Waals surface area contributed by atoms with Gasteiger partial charge >= 0.3 is 7.12 Å². The molecule has 0 aromatic carbocycles. The third-order valence-corrected chi connectivity index (χ3v) is 9.60. The van der Waals surface area contributed by atoms with E-state index in [-0.39, 0.29) is 54.1 Å². The molecule has 12 nitrogen and oxygen atoms in total. The van der Waals surface area contributed by atoms with Gasteiger partial charge in [0.1, 0.15) is 6.04 Å². The average molecular weight is 579 g/mol. The molecule has 0 radical (unpaired) electrons. The second-order valence-corrected chi connectivity index (χ2v) is 14.0. The number of nitrogens with one attached hydrogen (secondary N) is 3. The highest BCUT2D eigenvalue weighted by Crippen LogP contribution is 2.65. The van der Waals surface area contributed by atoms with Crippen LogP contribution in [0.1, 0.15) is 100 Å². The van der Waals surface area contributed by atoms with Crippen LogP contribution in [0, 0.1) is 38.7 Å². The van der Waals surface area contributed by atoms with Gasteiger partial charge in [-0.15, -0.1) is 0 Å². The summed E-state index contributed by atoms with van der Waals surface area (Å²) in [7, 11) is -0.572. The van der Waals surface area contributed by atoms with Crippen molar-refractivity contribution >= 4 is 24.9 Å². The van der Waals surface area contributed by atoms with Gasteiger partial charge in [-0.1, -0.05) is 60.3 Å². The van der Waals surface area contributed by atoms with Crippen LogP contribution in [0.5, 0.6) is 0 Å². The first-order valence-electron chi connectivity index (χ1n) is 15.2. The molecule has 3 aliphatic carbocycles. The molecule has 6 atom stereocenters. The zero-order valence-electron chi connectivity index (χ0n) is 26.1. The van der Waals surface area contributed by atoms with Crippen molar-refractivity contribution in [1.82, 2.24) is 16.1 Å². The van der Waals surface area contributed by atoms with E-state index in [1.807, 2.05) is 20.8 Å². The van der Waals surface area contributed by atoms with E-state index in [1.54, 1.807) is 5.43 Å². The summed E-state index contributed by atoms with van der Waals surface area (Å²) >= 11 is 0. The Kier molecular flexibility index (Phi) is 10.4. The van der Waals surface area contributed by atoms with Crippen LogP contribution in [0.3, 0.4) is 0 Å². The Morgan fingerprint density at radius 2 is 1.90 bits per heavy atom. The van der Waals surface area contributed by atoms with E-state index in [4.69, 9.17) is 15.0 Å². The number of nitrogens with two attached hydrogens (primary N) is 1. The number of carbonyl (C=O) groups excluding carboxylic acids is 2. The second kappa shape index (κ2) is 12.8. The third kappa shape index (κ3) is 7.52. The quantitative estimate of drug-likeness (QED) is 0.0609. The number of rotatable bonds is 14. The highest BCUT2D eigenvalue weighted by atomic mass is 16.7. The molecule has 0 unspecified atom stereocenters. The van der Waals surface area contributed by atoms with Crippen LogP contribution >= 0.6 is 0 Å².